The van der Waals surface area contributed by atoms with Gasteiger partial charge in [-0.05, 0) is 37.5 Å². The predicted octanol–water partition coefficient (Wildman–Crippen LogP) is 25.8. The number of phosphoric ester groups is 2. The first-order valence-electron chi connectivity index (χ1n) is 44.0. The number of esters is 4. The standard InChI is InChI=1S/C85H166O17P2/c1-7-9-11-13-15-17-19-21-22-23-24-25-33-39-45-51-57-63-69-84(89)101-81(74-96-83(88)68-62-56-50-44-38-32-27-26-30-35-41-47-53-59-65-77(3)4)76-100-104(93,94)98-72-79(86)71-97-103(91,92)99-75-80(73-95-82(87)67-61-55-49-43-37-29-20-18-16-14-12-10-8-2)102-85(90)70-64-58-52-46-40-34-28-31-36-42-48-54-60-66-78(5)6/h77-81,86H,7-76H2,1-6H3,(H,91,92)(H,93,94)/t79-,80+,81+/m0/s1. The molecule has 5 atom stereocenters. The summed E-state index contributed by atoms with van der Waals surface area (Å²) in [6, 6.07) is 0. The Kier molecular flexibility index (Phi) is 75.0. The van der Waals surface area contributed by atoms with Crippen LogP contribution in [0, 0.1) is 11.8 Å². The maximum absolute atomic E-state index is 13.1. The van der Waals surface area contributed by atoms with Crippen LogP contribution in [0.3, 0.4) is 0 Å². The maximum atomic E-state index is 13.1. The van der Waals surface area contributed by atoms with Gasteiger partial charge >= 0.3 is 39.5 Å². The van der Waals surface area contributed by atoms with Crippen molar-refractivity contribution in [3.8, 4) is 0 Å². The lowest BCUT2D eigenvalue weighted by Gasteiger charge is -2.21. The van der Waals surface area contributed by atoms with Gasteiger partial charge in [-0.25, -0.2) is 9.13 Å². The number of carbonyl (C=O) groups excluding carboxylic acids is 4. The van der Waals surface area contributed by atoms with Crippen LogP contribution < -0.4 is 0 Å². The van der Waals surface area contributed by atoms with Crippen molar-refractivity contribution in [2.24, 2.45) is 11.8 Å². The second kappa shape index (κ2) is 76.4. The van der Waals surface area contributed by atoms with E-state index in [1.807, 2.05) is 0 Å². The van der Waals surface area contributed by atoms with Crippen molar-refractivity contribution in [3.63, 3.8) is 0 Å². The van der Waals surface area contributed by atoms with Gasteiger partial charge < -0.3 is 33.8 Å². The summed E-state index contributed by atoms with van der Waals surface area (Å²) in [6.07, 6.45) is 67.8. The van der Waals surface area contributed by atoms with E-state index in [4.69, 9.17) is 37.0 Å². The van der Waals surface area contributed by atoms with Gasteiger partial charge in [0.25, 0.3) is 0 Å². The molecule has 0 spiro atoms. The highest BCUT2D eigenvalue weighted by Crippen LogP contribution is 2.45. The first-order chi connectivity index (χ1) is 50.4. The molecule has 0 aromatic heterocycles. The maximum Gasteiger partial charge on any atom is 0.472 e. The number of carbonyl (C=O) groups is 4. The molecule has 0 aromatic carbocycles. The molecule has 0 heterocycles. The Morgan fingerprint density at radius 3 is 0.654 bits per heavy atom. The Labute approximate surface area is 638 Å². The summed E-state index contributed by atoms with van der Waals surface area (Å²) >= 11 is 0. The molecule has 0 aliphatic heterocycles. The summed E-state index contributed by atoms with van der Waals surface area (Å²) in [6.45, 7) is 9.71. The lowest BCUT2D eigenvalue weighted by atomic mass is 10.0. The fourth-order valence-electron chi connectivity index (χ4n) is 13.2. The normalized spacial score (nSPS) is 13.8. The van der Waals surface area contributed by atoms with E-state index in [2.05, 4.69) is 41.5 Å². The molecule has 0 saturated heterocycles. The minimum Gasteiger partial charge on any atom is -0.462 e. The molecule has 0 aliphatic carbocycles. The zero-order valence-electron chi connectivity index (χ0n) is 68.3. The molecule has 0 aliphatic rings. The molecule has 0 rings (SSSR count). The molecule has 0 bridgehead atoms. The lowest BCUT2D eigenvalue weighted by molar-refractivity contribution is -0.161. The Bertz CT molecular complexity index is 1990. The number of aliphatic hydroxyl groups excluding tert-OH is 1. The molecule has 0 fully saturated rings. The lowest BCUT2D eigenvalue weighted by Crippen LogP contribution is -2.30. The van der Waals surface area contributed by atoms with E-state index >= 15 is 0 Å². The number of hydrogen-bond acceptors (Lipinski definition) is 15. The van der Waals surface area contributed by atoms with Crippen molar-refractivity contribution in [3.05, 3.63) is 0 Å². The minimum absolute atomic E-state index is 0.108. The average molecular weight is 1520 g/mol. The minimum atomic E-state index is -4.96. The monoisotopic (exact) mass is 1520 g/mol. The van der Waals surface area contributed by atoms with Crippen molar-refractivity contribution >= 4 is 39.5 Å². The van der Waals surface area contributed by atoms with Gasteiger partial charge in [-0.1, -0.05) is 401 Å². The number of ether oxygens (including phenoxy) is 4. The van der Waals surface area contributed by atoms with Crippen LogP contribution in [0.25, 0.3) is 0 Å². The van der Waals surface area contributed by atoms with Gasteiger partial charge in [0.15, 0.2) is 12.2 Å². The Hall–Kier alpha value is -1.94. The van der Waals surface area contributed by atoms with Crippen molar-refractivity contribution in [2.45, 2.75) is 471 Å². The molecule has 0 aromatic rings. The number of rotatable bonds is 84. The number of phosphoric acid groups is 2. The van der Waals surface area contributed by atoms with Gasteiger partial charge in [0.2, 0.25) is 0 Å². The van der Waals surface area contributed by atoms with Crippen molar-refractivity contribution < 1.29 is 80.2 Å². The fraction of sp³-hybridized carbons (Fsp3) is 0.953. The van der Waals surface area contributed by atoms with Gasteiger partial charge in [0, 0.05) is 25.7 Å². The van der Waals surface area contributed by atoms with Crippen LogP contribution >= 0.6 is 15.6 Å². The van der Waals surface area contributed by atoms with Crippen LogP contribution in [-0.2, 0) is 65.4 Å². The predicted molar refractivity (Wildman–Crippen MR) is 428 cm³/mol. The van der Waals surface area contributed by atoms with Crippen LogP contribution in [0.1, 0.15) is 452 Å². The largest absolute Gasteiger partial charge is 0.472 e. The first kappa shape index (κ1) is 102. The van der Waals surface area contributed by atoms with Crippen LogP contribution in [0.4, 0.5) is 0 Å². The third-order valence-corrected chi connectivity index (χ3v) is 21.9. The summed E-state index contributed by atoms with van der Waals surface area (Å²) in [7, 11) is -9.93. The van der Waals surface area contributed by atoms with E-state index in [0.717, 1.165) is 102 Å². The molecular weight excluding hydrogens is 1350 g/mol. The third kappa shape index (κ3) is 78.2. The zero-order valence-corrected chi connectivity index (χ0v) is 70.1. The van der Waals surface area contributed by atoms with E-state index in [-0.39, 0.29) is 25.7 Å². The van der Waals surface area contributed by atoms with E-state index < -0.39 is 97.5 Å². The molecule has 104 heavy (non-hydrogen) atoms. The highest BCUT2D eigenvalue weighted by molar-refractivity contribution is 7.47. The molecule has 0 radical (unpaired) electrons. The molecule has 2 unspecified atom stereocenters. The Morgan fingerprint density at radius 2 is 0.442 bits per heavy atom. The van der Waals surface area contributed by atoms with Gasteiger partial charge in [0.05, 0.1) is 26.4 Å². The van der Waals surface area contributed by atoms with E-state index in [1.165, 1.54) is 270 Å². The van der Waals surface area contributed by atoms with Crippen LogP contribution in [0.2, 0.25) is 0 Å². The van der Waals surface area contributed by atoms with Gasteiger partial charge in [-0.15, -0.1) is 0 Å². The number of hydrogen-bond donors (Lipinski definition) is 3. The quantitative estimate of drug-likeness (QED) is 0.0222. The van der Waals surface area contributed by atoms with E-state index in [9.17, 15) is 43.2 Å². The molecule has 3 N–H and O–H groups in total. The van der Waals surface area contributed by atoms with Crippen LogP contribution in [-0.4, -0.2) is 96.7 Å². The second-order valence-electron chi connectivity index (χ2n) is 31.5. The second-order valence-corrected chi connectivity index (χ2v) is 34.4. The molecular formula is C85H166O17P2. The topological polar surface area (TPSA) is 237 Å². The van der Waals surface area contributed by atoms with Gasteiger partial charge in [-0.2, -0.15) is 0 Å². The van der Waals surface area contributed by atoms with Crippen molar-refractivity contribution in [2.75, 3.05) is 39.6 Å². The number of unbranched alkanes of at least 4 members (excludes halogenated alkanes) is 54. The summed E-state index contributed by atoms with van der Waals surface area (Å²) in [5.74, 6) is -0.514. The Balaban J connectivity index is 5.27. The van der Waals surface area contributed by atoms with Crippen molar-refractivity contribution in [1.82, 2.24) is 0 Å². The van der Waals surface area contributed by atoms with Crippen LogP contribution in [0.5, 0.6) is 0 Å². The fourth-order valence-corrected chi connectivity index (χ4v) is 14.8. The average Bonchev–Trinajstić information content (AvgIpc) is 0.905. The zero-order chi connectivity index (χ0) is 76.4. The number of aliphatic hydroxyl groups is 1. The SMILES string of the molecule is CCCCCCCCCCCCCCCCCCCCC(=O)O[C@H](COC(=O)CCCCCCCCCCCCCCCCC(C)C)COP(=O)(O)OC[C@@H](O)COP(=O)(O)OC[C@@H](COC(=O)CCCCCCCCCCCCCCC)OC(=O)CCCCCCCCCCCCCCCC(C)C. The molecule has 19 heteroatoms. The Morgan fingerprint density at radius 1 is 0.260 bits per heavy atom. The van der Waals surface area contributed by atoms with Crippen LogP contribution in [0.15, 0.2) is 0 Å². The van der Waals surface area contributed by atoms with Gasteiger partial charge in [0.1, 0.15) is 19.3 Å². The first-order valence-corrected chi connectivity index (χ1v) is 47.0. The third-order valence-electron chi connectivity index (χ3n) is 20.0. The summed E-state index contributed by atoms with van der Waals surface area (Å²) in [4.78, 5) is 73.2. The molecule has 618 valence electrons. The smallest absolute Gasteiger partial charge is 0.462 e. The summed E-state index contributed by atoms with van der Waals surface area (Å²) in [5.41, 5.74) is 0. The molecule has 0 saturated carbocycles. The summed E-state index contributed by atoms with van der Waals surface area (Å²) < 4.78 is 68.9. The molecule has 17 nitrogen and oxygen atoms in total. The summed E-state index contributed by atoms with van der Waals surface area (Å²) in [5, 5.41) is 10.7. The van der Waals surface area contributed by atoms with E-state index in [1.54, 1.807) is 0 Å². The van der Waals surface area contributed by atoms with Crippen molar-refractivity contribution in [1.29, 1.82) is 0 Å². The van der Waals surface area contributed by atoms with Gasteiger partial charge in [-0.3, -0.25) is 37.3 Å². The highest BCUT2D eigenvalue weighted by Gasteiger charge is 2.30. The molecule has 0 amide bonds. The highest BCUT2D eigenvalue weighted by atomic mass is 31.2. The van der Waals surface area contributed by atoms with E-state index in [0.29, 0.717) is 25.7 Å².